The predicted octanol–water partition coefficient (Wildman–Crippen LogP) is 2.42. The number of hydrogen-bond donors (Lipinski definition) is 1. The van der Waals surface area contributed by atoms with Crippen LogP contribution >= 0.6 is 0 Å². The van der Waals surface area contributed by atoms with Gasteiger partial charge in [-0.15, -0.1) is 0 Å². The molecule has 0 saturated heterocycles. The molecule has 0 atom stereocenters. The zero-order chi connectivity index (χ0) is 16.2. The molecule has 23 heavy (non-hydrogen) atoms. The third-order valence-electron chi connectivity index (χ3n) is 3.70. The Morgan fingerprint density at radius 2 is 2.09 bits per heavy atom. The minimum Gasteiger partial charge on any atom is -0.326 e. The first-order chi connectivity index (χ1) is 11.2. The Labute approximate surface area is 134 Å². The summed E-state index contributed by atoms with van der Waals surface area (Å²) in [6.07, 6.45) is 5.59. The smallest absolute Gasteiger partial charge is 0.126 e. The molecule has 0 radical (unpaired) electrons. The van der Waals surface area contributed by atoms with Crippen LogP contribution in [-0.4, -0.2) is 23.1 Å². The number of halogens is 1. The van der Waals surface area contributed by atoms with Crippen molar-refractivity contribution in [2.45, 2.75) is 6.54 Å². The number of nitrogens with two attached hydrogens (primary N) is 1. The summed E-state index contributed by atoms with van der Waals surface area (Å²) in [7, 11) is 0. The Balaban J connectivity index is 2.00. The highest BCUT2D eigenvalue weighted by molar-refractivity contribution is 5.67. The normalized spacial score (nSPS) is 13.4. The number of pyridine rings is 1. The van der Waals surface area contributed by atoms with E-state index in [1.54, 1.807) is 18.3 Å². The molecule has 3 rings (SSSR count). The SMILES string of the molecule is N#CCN1C=CCN1c1cc(-c2ccc(F)cc2)ncc1CN. The van der Waals surface area contributed by atoms with Gasteiger partial charge in [0.1, 0.15) is 12.4 Å². The minimum atomic E-state index is -0.281. The van der Waals surface area contributed by atoms with E-state index in [2.05, 4.69) is 11.1 Å². The molecule has 0 aliphatic carbocycles. The van der Waals surface area contributed by atoms with Crippen LogP contribution in [0.3, 0.4) is 0 Å². The van der Waals surface area contributed by atoms with Gasteiger partial charge in [-0.1, -0.05) is 0 Å². The van der Waals surface area contributed by atoms with Crippen LogP contribution in [0.15, 0.2) is 48.8 Å². The number of hydrogen-bond acceptors (Lipinski definition) is 5. The Bertz CT molecular complexity index is 764. The summed E-state index contributed by atoms with van der Waals surface area (Å²) in [5, 5.41) is 12.8. The largest absolute Gasteiger partial charge is 0.326 e. The molecule has 2 heterocycles. The maximum atomic E-state index is 13.1. The Hall–Kier alpha value is -2.91. The summed E-state index contributed by atoms with van der Waals surface area (Å²) in [6.45, 7) is 1.28. The molecule has 1 aromatic heterocycles. The Kier molecular flexibility index (Phi) is 4.22. The summed E-state index contributed by atoms with van der Waals surface area (Å²) < 4.78 is 13.1. The minimum absolute atomic E-state index is 0.259. The third-order valence-corrected chi connectivity index (χ3v) is 3.70. The number of nitriles is 1. The van der Waals surface area contributed by atoms with Crippen LogP contribution < -0.4 is 10.7 Å². The molecule has 1 aliphatic heterocycles. The molecule has 0 spiro atoms. The number of aromatic nitrogens is 1. The zero-order valence-electron chi connectivity index (χ0n) is 12.5. The van der Waals surface area contributed by atoms with Crippen molar-refractivity contribution in [2.75, 3.05) is 18.1 Å². The van der Waals surface area contributed by atoms with Gasteiger partial charge in [0, 0.05) is 30.1 Å². The quantitative estimate of drug-likeness (QED) is 0.878. The summed E-state index contributed by atoms with van der Waals surface area (Å²) in [5.41, 5.74) is 9.19. The van der Waals surface area contributed by atoms with Crippen molar-refractivity contribution >= 4 is 5.69 Å². The average Bonchev–Trinajstić information content (AvgIpc) is 3.03. The molecule has 116 valence electrons. The van der Waals surface area contributed by atoms with E-state index in [1.165, 1.54) is 12.1 Å². The standard InChI is InChI=1S/C17H16FN5/c18-15-4-2-13(3-5-15)16-10-17(14(11-20)12-21-16)23-8-1-7-22(23)9-6-19/h1-5,7,10,12H,8-9,11,20H2. The number of nitrogens with zero attached hydrogens (tertiary/aromatic N) is 4. The molecule has 2 N–H and O–H groups in total. The van der Waals surface area contributed by atoms with Crippen molar-refractivity contribution in [1.82, 2.24) is 9.99 Å². The lowest BCUT2D eigenvalue weighted by molar-refractivity contribution is 0.417. The Morgan fingerprint density at radius 3 is 2.78 bits per heavy atom. The van der Waals surface area contributed by atoms with Crippen molar-refractivity contribution in [3.05, 3.63) is 60.2 Å². The monoisotopic (exact) mass is 309 g/mol. The molecule has 0 unspecified atom stereocenters. The first kappa shape index (κ1) is 15.0. The van der Waals surface area contributed by atoms with Crippen LogP contribution in [0.2, 0.25) is 0 Å². The molecule has 0 fully saturated rings. The molecule has 2 aromatic rings. The maximum absolute atomic E-state index is 13.1. The lowest BCUT2D eigenvalue weighted by Crippen LogP contribution is -2.36. The lowest BCUT2D eigenvalue weighted by atomic mass is 10.1. The summed E-state index contributed by atoms with van der Waals surface area (Å²) in [5.74, 6) is -0.281. The first-order valence-corrected chi connectivity index (χ1v) is 7.25. The molecule has 1 aromatic carbocycles. The molecule has 5 nitrogen and oxygen atoms in total. The topological polar surface area (TPSA) is 69.2 Å². The van der Waals surface area contributed by atoms with Crippen molar-refractivity contribution < 1.29 is 4.39 Å². The third kappa shape index (κ3) is 3.00. The highest BCUT2D eigenvalue weighted by Gasteiger charge is 2.20. The van der Waals surface area contributed by atoms with E-state index in [1.807, 2.05) is 28.4 Å². The summed E-state index contributed by atoms with van der Waals surface area (Å²) in [6, 6.07) is 10.3. The van der Waals surface area contributed by atoms with Crippen molar-refractivity contribution in [3.8, 4) is 17.3 Å². The number of rotatable bonds is 4. The van der Waals surface area contributed by atoms with Crippen LogP contribution in [0.1, 0.15) is 5.56 Å². The molecule has 1 aliphatic rings. The number of hydrazine groups is 1. The van der Waals surface area contributed by atoms with E-state index in [-0.39, 0.29) is 12.4 Å². The van der Waals surface area contributed by atoms with Gasteiger partial charge < -0.3 is 5.73 Å². The lowest BCUT2D eigenvalue weighted by Gasteiger charge is -2.30. The Morgan fingerprint density at radius 1 is 1.30 bits per heavy atom. The van der Waals surface area contributed by atoms with Gasteiger partial charge in [0.25, 0.3) is 0 Å². The second kappa shape index (κ2) is 6.46. The first-order valence-electron chi connectivity index (χ1n) is 7.25. The van der Waals surface area contributed by atoms with Crippen molar-refractivity contribution in [2.24, 2.45) is 5.73 Å². The molecule has 0 bridgehead atoms. The fourth-order valence-corrected chi connectivity index (χ4v) is 2.55. The molecule has 0 amide bonds. The zero-order valence-corrected chi connectivity index (χ0v) is 12.5. The molecule has 6 heteroatoms. The fourth-order valence-electron chi connectivity index (χ4n) is 2.55. The second-order valence-corrected chi connectivity index (χ2v) is 5.13. The second-order valence-electron chi connectivity index (χ2n) is 5.13. The van der Waals surface area contributed by atoms with Crippen molar-refractivity contribution in [1.29, 1.82) is 5.26 Å². The molecule has 0 saturated carbocycles. The van der Waals surface area contributed by atoms with E-state index < -0.39 is 0 Å². The molecular formula is C17H16FN5. The van der Waals surface area contributed by atoms with E-state index in [9.17, 15) is 4.39 Å². The number of anilines is 1. The highest BCUT2D eigenvalue weighted by atomic mass is 19.1. The van der Waals surface area contributed by atoms with Crippen LogP contribution in [0.4, 0.5) is 10.1 Å². The molecular weight excluding hydrogens is 293 g/mol. The van der Waals surface area contributed by atoms with Gasteiger partial charge in [-0.3, -0.25) is 15.0 Å². The predicted molar refractivity (Wildman–Crippen MR) is 86.3 cm³/mol. The van der Waals surface area contributed by atoms with E-state index in [0.29, 0.717) is 13.1 Å². The van der Waals surface area contributed by atoms with Gasteiger partial charge in [-0.25, -0.2) is 4.39 Å². The maximum Gasteiger partial charge on any atom is 0.126 e. The van der Waals surface area contributed by atoms with Gasteiger partial charge >= 0.3 is 0 Å². The number of benzene rings is 1. The highest BCUT2D eigenvalue weighted by Crippen LogP contribution is 2.29. The van der Waals surface area contributed by atoms with Crippen LogP contribution in [-0.2, 0) is 6.54 Å². The van der Waals surface area contributed by atoms with Crippen LogP contribution in [0.5, 0.6) is 0 Å². The van der Waals surface area contributed by atoms with E-state index in [0.717, 1.165) is 22.5 Å². The van der Waals surface area contributed by atoms with Crippen molar-refractivity contribution in [3.63, 3.8) is 0 Å². The summed E-state index contributed by atoms with van der Waals surface area (Å²) >= 11 is 0. The van der Waals surface area contributed by atoms with E-state index >= 15 is 0 Å². The fraction of sp³-hybridized carbons (Fsp3) is 0.176. The van der Waals surface area contributed by atoms with Crippen LogP contribution in [0.25, 0.3) is 11.3 Å². The van der Waals surface area contributed by atoms with Gasteiger partial charge in [0.05, 0.1) is 24.0 Å². The van der Waals surface area contributed by atoms with Gasteiger partial charge in [-0.2, -0.15) is 5.26 Å². The average molecular weight is 309 g/mol. The van der Waals surface area contributed by atoms with Gasteiger partial charge in [-0.05, 0) is 36.4 Å². The van der Waals surface area contributed by atoms with Gasteiger partial charge in [0.2, 0.25) is 0 Å². The van der Waals surface area contributed by atoms with Gasteiger partial charge in [0.15, 0.2) is 0 Å². The van der Waals surface area contributed by atoms with Crippen LogP contribution in [0, 0.1) is 17.1 Å². The summed E-state index contributed by atoms with van der Waals surface area (Å²) in [4.78, 5) is 4.42. The van der Waals surface area contributed by atoms with E-state index in [4.69, 9.17) is 11.0 Å².